The van der Waals surface area contributed by atoms with Crippen LogP contribution < -0.4 is 0 Å². The molecular formula is C10H13BrN2O2. The summed E-state index contributed by atoms with van der Waals surface area (Å²) in [4.78, 5) is 15.0. The van der Waals surface area contributed by atoms with Gasteiger partial charge in [0.05, 0.1) is 12.1 Å². The van der Waals surface area contributed by atoms with E-state index in [4.69, 9.17) is 5.11 Å². The van der Waals surface area contributed by atoms with E-state index in [1.54, 1.807) is 0 Å². The molecule has 0 aromatic carbocycles. The van der Waals surface area contributed by atoms with Crippen LogP contribution >= 0.6 is 15.9 Å². The van der Waals surface area contributed by atoms with Crippen molar-refractivity contribution in [1.82, 2.24) is 9.55 Å². The van der Waals surface area contributed by atoms with Crippen molar-refractivity contribution in [2.24, 2.45) is 5.92 Å². The Bertz CT molecular complexity index is 400. The predicted molar refractivity (Wildman–Crippen MR) is 58.8 cm³/mol. The SMILES string of the molecule is CC1CCn2c(nc(CC(=O)O)c2Br)C1. The van der Waals surface area contributed by atoms with Crippen molar-refractivity contribution in [3.05, 3.63) is 16.1 Å². The van der Waals surface area contributed by atoms with Crippen molar-refractivity contribution in [3.8, 4) is 0 Å². The standard InChI is InChI=1S/C10H13BrN2O2/c1-6-2-3-13-8(4-6)12-7(10(13)11)5-9(14)15/h6H,2-5H2,1H3,(H,14,15). The molecule has 0 saturated carbocycles. The van der Waals surface area contributed by atoms with Gasteiger partial charge in [-0.05, 0) is 28.3 Å². The van der Waals surface area contributed by atoms with Gasteiger partial charge in [0.15, 0.2) is 0 Å². The average Bonchev–Trinajstić information content (AvgIpc) is 2.42. The van der Waals surface area contributed by atoms with Gasteiger partial charge in [0.1, 0.15) is 10.4 Å². The number of aromatic nitrogens is 2. The first-order valence-electron chi connectivity index (χ1n) is 5.03. The molecule has 0 spiro atoms. The van der Waals surface area contributed by atoms with Gasteiger partial charge < -0.3 is 9.67 Å². The third kappa shape index (κ3) is 2.07. The molecule has 1 aromatic heterocycles. The van der Waals surface area contributed by atoms with Gasteiger partial charge in [-0.2, -0.15) is 0 Å². The van der Waals surface area contributed by atoms with Gasteiger partial charge >= 0.3 is 5.97 Å². The highest BCUT2D eigenvalue weighted by molar-refractivity contribution is 9.10. The Morgan fingerprint density at radius 3 is 3.13 bits per heavy atom. The maximum Gasteiger partial charge on any atom is 0.309 e. The molecule has 0 fully saturated rings. The topological polar surface area (TPSA) is 55.1 Å². The summed E-state index contributed by atoms with van der Waals surface area (Å²) in [5.41, 5.74) is 0.645. The number of imidazole rings is 1. The Kier molecular flexibility index (Phi) is 2.82. The lowest BCUT2D eigenvalue weighted by molar-refractivity contribution is -0.136. The van der Waals surface area contributed by atoms with Crippen molar-refractivity contribution >= 4 is 21.9 Å². The van der Waals surface area contributed by atoms with Crippen LogP contribution in [0.4, 0.5) is 0 Å². The fourth-order valence-electron chi connectivity index (χ4n) is 1.93. The van der Waals surface area contributed by atoms with E-state index in [0.717, 1.165) is 29.8 Å². The molecule has 1 N–H and O–H groups in total. The monoisotopic (exact) mass is 272 g/mol. The number of rotatable bonds is 2. The molecule has 1 aromatic rings. The van der Waals surface area contributed by atoms with Crippen LogP contribution in [0.15, 0.2) is 4.60 Å². The van der Waals surface area contributed by atoms with Gasteiger partial charge in [-0.15, -0.1) is 0 Å². The lowest BCUT2D eigenvalue weighted by Crippen LogP contribution is -2.17. The normalized spacial score (nSPS) is 20.0. The molecule has 1 aliphatic heterocycles. The van der Waals surface area contributed by atoms with E-state index in [0.29, 0.717) is 11.6 Å². The highest BCUT2D eigenvalue weighted by atomic mass is 79.9. The molecule has 1 aliphatic rings. The summed E-state index contributed by atoms with van der Waals surface area (Å²) in [6, 6.07) is 0. The maximum absolute atomic E-state index is 10.6. The van der Waals surface area contributed by atoms with E-state index < -0.39 is 5.97 Å². The Hall–Kier alpha value is -0.840. The number of halogens is 1. The Morgan fingerprint density at radius 2 is 2.47 bits per heavy atom. The van der Waals surface area contributed by atoms with E-state index in [9.17, 15) is 4.79 Å². The van der Waals surface area contributed by atoms with Crippen LogP contribution in [0.25, 0.3) is 0 Å². The van der Waals surface area contributed by atoms with Crippen molar-refractivity contribution < 1.29 is 9.90 Å². The van der Waals surface area contributed by atoms with Gasteiger partial charge in [-0.3, -0.25) is 4.79 Å². The van der Waals surface area contributed by atoms with Gasteiger partial charge in [0.25, 0.3) is 0 Å². The lowest BCUT2D eigenvalue weighted by atomic mass is 10.0. The molecule has 0 amide bonds. The van der Waals surface area contributed by atoms with Crippen LogP contribution in [0.3, 0.4) is 0 Å². The smallest absolute Gasteiger partial charge is 0.309 e. The Labute approximate surface area is 96.4 Å². The van der Waals surface area contributed by atoms with Gasteiger partial charge in [0.2, 0.25) is 0 Å². The van der Waals surface area contributed by atoms with Crippen LogP contribution in [0.5, 0.6) is 0 Å². The second-order valence-electron chi connectivity index (χ2n) is 4.09. The molecule has 0 saturated heterocycles. The van der Waals surface area contributed by atoms with Crippen molar-refractivity contribution in [2.45, 2.75) is 32.7 Å². The van der Waals surface area contributed by atoms with Gasteiger partial charge in [0, 0.05) is 13.0 Å². The summed E-state index contributed by atoms with van der Waals surface area (Å²) in [5.74, 6) is 0.820. The van der Waals surface area contributed by atoms with E-state index in [1.807, 2.05) is 0 Å². The molecule has 0 radical (unpaired) electrons. The lowest BCUT2D eigenvalue weighted by Gasteiger charge is -2.20. The third-order valence-corrected chi connectivity index (χ3v) is 3.63. The minimum Gasteiger partial charge on any atom is -0.481 e. The Balaban J connectivity index is 2.32. The zero-order valence-electron chi connectivity index (χ0n) is 8.53. The summed E-state index contributed by atoms with van der Waals surface area (Å²) in [5, 5.41) is 8.73. The molecule has 1 unspecified atom stereocenters. The summed E-state index contributed by atoms with van der Waals surface area (Å²) in [7, 11) is 0. The van der Waals surface area contributed by atoms with Crippen molar-refractivity contribution in [1.29, 1.82) is 0 Å². The molecule has 82 valence electrons. The van der Waals surface area contributed by atoms with Crippen molar-refractivity contribution in [3.63, 3.8) is 0 Å². The molecule has 5 heteroatoms. The largest absolute Gasteiger partial charge is 0.481 e. The number of nitrogens with zero attached hydrogens (tertiary/aromatic N) is 2. The summed E-state index contributed by atoms with van der Waals surface area (Å²) in [6.07, 6.45) is 2.07. The number of carbonyl (C=O) groups is 1. The molecule has 0 aliphatic carbocycles. The molecular weight excluding hydrogens is 260 g/mol. The maximum atomic E-state index is 10.6. The van der Waals surface area contributed by atoms with Crippen LogP contribution in [0.2, 0.25) is 0 Å². The quantitative estimate of drug-likeness (QED) is 0.894. The fourth-order valence-corrected chi connectivity index (χ4v) is 2.54. The number of fused-ring (bicyclic) bond motifs is 1. The molecule has 0 bridgehead atoms. The number of carboxylic acids is 1. The highest BCUT2D eigenvalue weighted by Gasteiger charge is 2.22. The number of hydrogen-bond donors (Lipinski definition) is 1. The first kappa shape index (κ1) is 10.7. The van der Waals surface area contributed by atoms with Crippen LogP contribution in [0, 0.1) is 5.92 Å². The summed E-state index contributed by atoms with van der Waals surface area (Å²) >= 11 is 3.42. The number of carboxylic acid groups (broad SMARTS) is 1. The average molecular weight is 273 g/mol. The molecule has 4 nitrogen and oxygen atoms in total. The molecule has 2 heterocycles. The Morgan fingerprint density at radius 1 is 1.73 bits per heavy atom. The zero-order valence-corrected chi connectivity index (χ0v) is 10.1. The fraction of sp³-hybridized carbons (Fsp3) is 0.600. The first-order chi connectivity index (χ1) is 7.08. The molecule has 2 rings (SSSR count). The second kappa shape index (κ2) is 3.96. The van der Waals surface area contributed by atoms with Crippen LogP contribution in [-0.4, -0.2) is 20.6 Å². The number of aliphatic carboxylic acids is 1. The first-order valence-corrected chi connectivity index (χ1v) is 5.82. The van der Waals surface area contributed by atoms with E-state index in [-0.39, 0.29) is 6.42 Å². The summed E-state index contributed by atoms with van der Waals surface area (Å²) < 4.78 is 2.92. The van der Waals surface area contributed by atoms with Crippen LogP contribution in [0.1, 0.15) is 24.9 Å². The minimum absolute atomic E-state index is 0.00500. The highest BCUT2D eigenvalue weighted by Crippen LogP contribution is 2.26. The summed E-state index contributed by atoms with van der Waals surface area (Å²) in [6.45, 7) is 3.13. The zero-order chi connectivity index (χ0) is 11.0. The van der Waals surface area contributed by atoms with Gasteiger partial charge in [-0.1, -0.05) is 6.92 Å². The van der Waals surface area contributed by atoms with E-state index in [1.165, 1.54) is 0 Å². The predicted octanol–water partition coefficient (Wildman–Crippen LogP) is 1.86. The number of hydrogen-bond acceptors (Lipinski definition) is 2. The van der Waals surface area contributed by atoms with E-state index >= 15 is 0 Å². The second-order valence-corrected chi connectivity index (χ2v) is 4.84. The van der Waals surface area contributed by atoms with Gasteiger partial charge in [-0.25, -0.2) is 4.98 Å². The minimum atomic E-state index is -0.834. The molecule has 15 heavy (non-hydrogen) atoms. The molecule has 1 atom stereocenters. The van der Waals surface area contributed by atoms with Crippen LogP contribution in [-0.2, 0) is 24.2 Å². The van der Waals surface area contributed by atoms with E-state index in [2.05, 4.69) is 32.4 Å². The third-order valence-electron chi connectivity index (χ3n) is 2.75. The van der Waals surface area contributed by atoms with Crippen molar-refractivity contribution in [2.75, 3.05) is 0 Å².